The predicted octanol–water partition coefficient (Wildman–Crippen LogP) is 2.72. The highest BCUT2D eigenvalue weighted by Gasteiger charge is 1.93. The molecular formula is C11H8ClFN4. The number of anilines is 1. The summed E-state index contributed by atoms with van der Waals surface area (Å²) in [5, 5.41) is 11.6. The minimum Gasteiger partial charge on any atom is -0.260 e. The second-order valence-electron chi connectivity index (χ2n) is 3.17. The van der Waals surface area contributed by atoms with Gasteiger partial charge in [-0.05, 0) is 29.8 Å². The van der Waals surface area contributed by atoms with Gasteiger partial charge in [-0.15, -0.1) is 10.2 Å². The van der Waals surface area contributed by atoms with Crippen molar-refractivity contribution in [3.8, 4) is 0 Å². The van der Waals surface area contributed by atoms with Gasteiger partial charge in [0, 0.05) is 0 Å². The third-order valence-electron chi connectivity index (χ3n) is 1.87. The van der Waals surface area contributed by atoms with Crippen molar-refractivity contribution in [1.82, 2.24) is 10.2 Å². The number of aromatic nitrogens is 2. The molecule has 0 bridgehead atoms. The maximum atomic E-state index is 12.8. The Morgan fingerprint density at radius 2 is 2.12 bits per heavy atom. The van der Waals surface area contributed by atoms with Gasteiger partial charge in [-0.25, -0.2) is 4.39 Å². The van der Waals surface area contributed by atoms with E-state index >= 15 is 0 Å². The zero-order valence-corrected chi connectivity index (χ0v) is 9.39. The van der Waals surface area contributed by atoms with Crippen molar-refractivity contribution in [2.75, 3.05) is 5.43 Å². The zero-order valence-electron chi connectivity index (χ0n) is 8.64. The lowest BCUT2D eigenvalue weighted by atomic mass is 10.2. The van der Waals surface area contributed by atoms with Gasteiger partial charge in [-0.2, -0.15) is 5.10 Å². The highest BCUT2D eigenvalue weighted by atomic mass is 35.5. The van der Waals surface area contributed by atoms with Crippen LogP contribution >= 0.6 is 11.6 Å². The summed E-state index contributed by atoms with van der Waals surface area (Å²) in [4.78, 5) is 0. The first-order valence-electron chi connectivity index (χ1n) is 4.78. The largest absolute Gasteiger partial charge is 0.260 e. The normalized spacial score (nSPS) is 10.7. The first-order valence-corrected chi connectivity index (χ1v) is 5.16. The first-order chi connectivity index (χ1) is 8.24. The van der Waals surface area contributed by atoms with Crippen LogP contribution in [0.25, 0.3) is 0 Å². The van der Waals surface area contributed by atoms with Crippen molar-refractivity contribution in [2.45, 2.75) is 0 Å². The second kappa shape index (κ2) is 5.36. The molecule has 0 aliphatic heterocycles. The van der Waals surface area contributed by atoms with Crippen LogP contribution in [0.15, 0.2) is 41.5 Å². The van der Waals surface area contributed by atoms with Crippen LogP contribution in [0.5, 0.6) is 0 Å². The summed E-state index contributed by atoms with van der Waals surface area (Å²) < 4.78 is 12.8. The molecule has 2 rings (SSSR count). The van der Waals surface area contributed by atoms with Gasteiger partial charge in [0.25, 0.3) is 0 Å². The summed E-state index contributed by atoms with van der Waals surface area (Å²) in [5.74, 6) is 0.155. The van der Waals surface area contributed by atoms with Crippen molar-refractivity contribution < 1.29 is 4.39 Å². The molecule has 0 radical (unpaired) electrons. The quantitative estimate of drug-likeness (QED) is 0.673. The van der Waals surface area contributed by atoms with Crippen molar-refractivity contribution in [3.63, 3.8) is 0 Å². The number of hydrazone groups is 1. The van der Waals surface area contributed by atoms with E-state index in [-0.39, 0.29) is 5.82 Å². The van der Waals surface area contributed by atoms with Crippen LogP contribution < -0.4 is 5.43 Å². The van der Waals surface area contributed by atoms with Crippen LogP contribution in [0.1, 0.15) is 5.56 Å². The van der Waals surface area contributed by atoms with Crippen LogP contribution in [0.3, 0.4) is 0 Å². The molecule has 17 heavy (non-hydrogen) atoms. The Balaban J connectivity index is 2.00. The van der Waals surface area contributed by atoms with Gasteiger partial charge in [0.15, 0.2) is 11.0 Å². The molecule has 2 aromatic rings. The molecule has 1 heterocycles. The summed E-state index contributed by atoms with van der Waals surface area (Å²) >= 11 is 5.58. The third-order valence-corrected chi connectivity index (χ3v) is 2.07. The summed E-state index contributed by atoms with van der Waals surface area (Å²) in [6.07, 6.45) is 1.49. The molecule has 0 unspecified atom stereocenters. The Labute approximate surface area is 102 Å². The van der Waals surface area contributed by atoms with E-state index in [4.69, 9.17) is 11.6 Å². The molecule has 1 aromatic carbocycles. The number of benzene rings is 1. The van der Waals surface area contributed by atoms with Gasteiger partial charge in [0.2, 0.25) is 0 Å². The zero-order chi connectivity index (χ0) is 12.1. The lowest BCUT2D eigenvalue weighted by Crippen LogP contribution is -1.95. The van der Waals surface area contributed by atoms with Crippen LogP contribution in [0.2, 0.25) is 5.15 Å². The van der Waals surface area contributed by atoms with E-state index in [9.17, 15) is 4.39 Å². The van der Waals surface area contributed by atoms with Gasteiger partial charge in [-0.1, -0.05) is 23.7 Å². The Morgan fingerprint density at radius 1 is 1.24 bits per heavy atom. The lowest BCUT2D eigenvalue weighted by Gasteiger charge is -1.97. The fraction of sp³-hybridized carbons (Fsp3) is 0. The van der Waals surface area contributed by atoms with E-state index in [0.29, 0.717) is 16.5 Å². The number of hydrogen-bond acceptors (Lipinski definition) is 4. The van der Waals surface area contributed by atoms with Gasteiger partial charge < -0.3 is 0 Å². The molecule has 0 aliphatic carbocycles. The minimum atomic E-state index is -0.305. The Bertz CT molecular complexity index is 527. The average molecular weight is 251 g/mol. The fourth-order valence-corrected chi connectivity index (χ4v) is 1.24. The van der Waals surface area contributed by atoms with E-state index in [1.54, 1.807) is 24.3 Å². The van der Waals surface area contributed by atoms with E-state index in [0.717, 1.165) is 0 Å². The molecule has 86 valence electrons. The highest BCUT2D eigenvalue weighted by molar-refractivity contribution is 6.29. The molecule has 0 spiro atoms. The number of nitrogens with zero attached hydrogens (tertiary/aromatic N) is 3. The number of rotatable bonds is 3. The van der Waals surface area contributed by atoms with Crippen molar-refractivity contribution >= 4 is 23.6 Å². The van der Waals surface area contributed by atoms with Crippen molar-refractivity contribution in [2.24, 2.45) is 5.10 Å². The molecule has 4 nitrogen and oxygen atoms in total. The van der Waals surface area contributed by atoms with Gasteiger partial charge >= 0.3 is 0 Å². The summed E-state index contributed by atoms with van der Waals surface area (Å²) in [6.45, 7) is 0. The molecule has 0 saturated heterocycles. The fourth-order valence-electron chi connectivity index (χ4n) is 1.14. The first kappa shape index (κ1) is 11.5. The molecule has 6 heteroatoms. The number of nitrogens with one attached hydrogen (secondary N) is 1. The van der Waals surface area contributed by atoms with Crippen LogP contribution in [0.4, 0.5) is 10.2 Å². The summed E-state index contributed by atoms with van der Waals surface area (Å²) in [5.41, 5.74) is 3.31. The van der Waals surface area contributed by atoms with E-state index in [2.05, 4.69) is 20.7 Å². The monoisotopic (exact) mass is 250 g/mol. The topological polar surface area (TPSA) is 50.2 Å². The maximum absolute atomic E-state index is 12.8. The number of halogens is 2. The average Bonchev–Trinajstić information content (AvgIpc) is 2.32. The third kappa shape index (κ3) is 3.49. The Hall–Kier alpha value is -2.01. The predicted molar refractivity (Wildman–Crippen MR) is 64.7 cm³/mol. The smallest absolute Gasteiger partial charge is 0.168 e. The second-order valence-corrected chi connectivity index (χ2v) is 3.55. The molecule has 0 amide bonds. The van der Waals surface area contributed by atoms with Crippen LogP contribution in [-0.2, 0) is 0 Å². The van der Waals surface area contributed by atoms with Gasteiger partial charge in [-0.3, -0.25) is 5.43 Å². The summed E-state index contributed by atoms with van der Waals surface area (Å²) in [7, 11) is 0. The molecule has 1 N–H and O–H groups in total. The SMILES string of the molecule is Fc1cccc(C=NNc2ccc(Cl)nn2)c1. The van der Waals surface area contributed by atoms with Gasteiger partial charge in [0.05, 0.1) is 6.21 Å². The number of hydrogen-bond donors (Lipinski definition) is 1. The molecule has 1 aromatic heterocycles. The Morgan fingerprint density at radius 3 is 2.82 bits per heavy atom. The standard InChI is InChI=1S/C11H8ClFN4/c12-10-4-5-11(17-15-10)16-14-7-8-2-1-3-9(13)6-8/h1-7H,(H,16,17). The van der Waals surface area contributed by atoms with E-state index in [1.807, 2.05) is 0 Å². The van der Waals surface area contributed by atoms with Crippen LogP contribution in [0, 0.1) is 5.82 Å². The molecule has 0 saturated carbocycles. The lowest BCUT2D eigenvalue weighted by molar-refractivity contribution is 0.627. The van der Waals surface area contributed by atoms with Crippen molar-refractivity contribution in [1.29, 1.82) is 0 Å². The highest BCUT2D eigenvalue weighted by Crippen LogP contribution is 2.06. The van der Waals surface area contributed by atoms with Crippen LogP contribution in [-0.4, -0.2) is 16.4 Å². The van der Waals surface area contributed by atoms with E-state index in [1.165, 1.54) is 18.3 Å². The minimum absolute atomic E-state index is 0.305. The summed E-state index contributed by atoms with van der Waals surface area (Å²) in [6, 6.07) is 9.32. The molecular weight excluding hydrogens is 243 g/mol. The van der Waals surface area contributed by atoms with Gasteiger partial charge in [0.1, 0.15) is 5.82 Å². The maximum Gasteiger partial charge on any atom is 0.168 e. The van der Waals surface area contributed by atoms with E-state index < -0.39 is 0 Å². The van der Waals surface area contributed by atoms with Crippen molar-refractivity contribution in [3.05, 3.63) is 52.9 Å². The molecule has 0 fully saturated rings. The Kier molecular flexibility index (Phi) is 3.62. The molecule has 0 atom stereocenters. The molecule has 0 aliphatic rings.